The molecule has 0 aliphatic carbocycles. The first-order chi connectivity index (χ1) is 16.4. The minimum atomic E-state index is -0.891. The molecule has 1 N–H and O–H groups in total. The Hall–Kier alpha value is -3.97. The minimum absolute atomic E-state index is 0.00807. The molecule has 4 aromatic rings. The lowest BCUT2D eigenvalue weighted by molar-refractivity contribution is -0.117. The second-order valence-electron chi connectivity index (χ2n) is 8.27. The highest BCUT2D eigenvalue weighted by molar-refractivity contribution is 7.17. The van der Waals surface area contributed by atoms with E-state index in [2.05, 4.69) is 4.98 Å². The summed E-state index contributed by atoms with van der Waals surface area (Å²) >= 11 is 1.25. The van der Waals surface area contributed by atoms with Crippen LogP contribution in [-0.2, 0) is 4.79 Å². The molecule has 170 valence electrons. The normalized spacial score (nSPS) is 15.9. The number of Topliss-reactive ketones (excluding diaryl/α,β-unsaturated/α-hetero) is 1. The molecule has 1 unspecified atom stereocenters. The second kappa shape index (κ2) is 8.43. The molecule has 2 aromatic heterocycles. The van der Waals surface area contributed by atoms with Crippen molar-refractivity contribution in [3.8, 4) is 10.6 Å². The van der Waals surface area contributed by atoms with Crippen LogP contribution in [0.25, 0.3) is 10.6 Å². The summed E-state index contributed by atoms with van der Waals surface area (Å²) in [6, 6.07) is 17.8. The number of aliphatic hydroxyl groups excluding tert-OH is 1. The Morgan fingerprint density at radius 2 is 1.82 bits per heavy atom. The fraction of sp³-hybridized carbons (Fsp3) is 0.148. The van der Waals surface area contributed by atoms with E-state index < -0.39 is 23.5 Å². The number of ketones is 1. The van der Waals surface area contributed by atoms with Crippen molar-refractivity contribution < 1.29 is 19.1 Å². The summed E-state index contributed by atoms with van der Waals surface area (Å²) in [6.07, 6.45) is 1.49. The first-order valence-electron chi connectivity index (χ1n) is 10.8. The first kappa shape index (κ1) is 21.9. The van der Waals surface area contributed by atoms with Crippen LogP contribution in [0.5, 0.6) is 0 Å². The van der Waals surface area contributed by atoms with Gasteiger partial charge in [-0.25, -0.2) is 4.98 Å². The summed E-state index contributed by atoms with van der Waals surface area (Å²) in [7, 11) is 0. The minimum Gasteiger partial charge on any atom is -0.503 e. The summed E-state index contributed by atoms with van der Waals surface area (Å²) in [5, 5.41) is 11.7. The van der Waals surface area contributed by atoms with Crippen LogP contribution in [0.2, 0.25) is 0 Å². The molecule has 6 nitrogen and oxygen atoms in total. The van der Waals surface area contributed by atoms with E-state index >= 15 is 0 Å². The summed E-state index contributed by atoms with van der Waals surface area (Å²) in [5.41, 5.74) is 3.94. The summed E-state index contributed by atoms with van der Waals surface area (Å²) in [4.78, 5) is 33.5. The number of nitrogens with zero attached hydrogens (tertiary/aromatic N) is 2. The Labute approximate surface area is 200 Å². The third-order valence-electron chi connectivity index (χ3n) is 5.90. The number of carbonyl (C=O) groups is 2. The molecule has 0 spiro atoms. The number of furan rings is 1. The number of carbonyl (C=O) groups excluding carboxylic acids is 2. The number of aliphatic hydroxyl groups is 1. The first-order valence-corrected chi connectivity index (χ1v) is 11.6. The number of anilines is 1. The summed E-state index contributed by atoms with van der Waals surface area (Å²) < 4.78 is 5.65. The van der Waals surface area contributed by atoms with Gasteiger partial charge >= 0.3 is 0 Å². The van der Waals surface area contributed by atoms with Gasteiger partial charge in [-0.05, 0) is 44.5 Å². The molecule has 0 saturated heterocycles. The van der Waals surface area contributed by atoms with E-state index in [1.54, 1.807) is 19.1 Å². The van der Waals surface area contributed by atoms with Crippen LogP contribution < -0.4 is 4.90 Å². The van der Waals surface area contributed by atoms with Crippen molar-refractivity contribution in [2.24, 2.45) is 0 Å². The van der Waals surface area contributed by atoms with Gasteiger partial charge in [0, 0.05) is 11.3 Å². The summed E-state index contributed by atoms with van der Waals surface area (Å²) in [5.74, 6) is -1.24. The second-order valence-corrected chi connectivity index (χ2v) is 9.27. The topological polar surface area (TPSA) is 83.6 Å². The number of aromatic nitrogens is 1. The van der Waals surface area contributed by atoms with Gasteiger partial charge < -0.3 is 9.52 Å². The Kier molecular flexibility index (Phi) is 5.42. The number of aryl methyl sites for hydroxylation is 3. The number of thiazole rings is 1. The molecule has 7 heteroatoms. The van der Waals surface area contributed by atoms with Crippen molar-refractivity contribution in [2.75, 3.05) is 4.90 Å². The van der Waals surface area contributed by atoms with Crippen LogP contribution in [0, 0.1) is 20.8 Å². The maximum Gasteiger partial charge on any atom is 0.294 e. The summed E-state index contributed by atoms with van der Waals surface area (Å²) in [6.45, 7) is 5.62. The van der Waals surface area contributed by atoms with E-state index in [0.29, 0.717) is 27.0 Å². The number of benzene rings is 2. The lowest BCUT2D eigenvalue weighted by Gasteiger charge is -2.26. The largest absolute Gasteiger partial charge is 0.503 e. The SMILES string of the molecule is Cc1ccc(N2C(=O)C(O)=C(C(=O)c3sc(-c4ccccc4)nc3C)C2c2ccco2)c(C)c1. The van der Waals surface area contributed by atoms with Crippen molar-refractivity contribution in [3.05, 3.63) is 106 Å². The lowest BCUT2D eigenvalue weighted by Crippen LogP contribution is -2.31. The smallest absolute Gasteiger partial charge is 0.294 e. The molecule has 34 heavy (non-hydrogen) atoms. The van der Waals surface area contributed by atoms with E-state index in [1.807, 2.05) is 62.4 Å². The molecule has 1 aliphatic rings. The molecule has 0 bridgehead atoms. The van der Waals surface area contributed by atoms with Gasteiger partial charge in [-0.15, -0.1) is 11.3 Å². The molecular weight excluding hydrogens is 448 g/mol. The van der Waals surface area contributed by atoms with Gasteiger partial charge in [-0.1, -0.05) is 48.0 Å². The van der Waals surface area contributed by atoms with Crippen LogP contribution in [0.15, 0.2) is 82.7 Å². The molecule has 1 amide bonds. The number of amides is 1. The maximum absolute atomic E-state index is 13.8. The highest BCUT2D eigenvalue weighted by Crippen LogP contribution is 2.44. The monoisotopic (exact) mass is 470 g/mol. The van der Waals surface area contributed by atoms with Crippen LogP contribution in [0.3, 0.4) is 0 Å². The molecule has 1 atom stereocenters. The Morgan fingerprint density at radius 1 is 1.06 bits per heavy atom. The fourth-order valence-electron chi connectivity index (χ4n) is 4.31. The third kappa shape index (κ3) is 3.54. The molecular formula is C27H22N2O4S. The number of hydrogen-bond donors (Lipinski definition) is 1. The van der Waals surface area contributed by atoms with Crippen molar-refractivity contribution in [1.29, 1.82) is 0 Å². The standard InChI is InChI=1S/C27H22N2O4S/c1-15-11-12-19(16(2)14-15)29-22(20-10-7-13-33-20)21(24(31)27(29)32)23(30)25-17(3)28-26(34-25)18-8-5-4-6-9-18/h4-14,22,31H,1-3H3. The van der Waals surface area contributed by atoms with Gasteiger partial charge in [0.2, 0.25) is 5.78 Å². The molecule has 0 saturated carbocycles. The average molecular weight is 471 g/mol. The zero-order chi connectivity index (χ0) is 24.0. The molecule has 0 radical (unpaired) electrons. The van der Waals surface area contributed by atoms with Gasteiger partial charge in [-0.3, -0.25) is 14.5 Å². The Bertz CT molecular complexity index is 1430. The molecule has 1 aliphatic heterocycles. The van der Waals surface area contributed by atoms with Gasteiger partial charge in [0.05, 0.1) is 22.4 Å². The Morgan fingerprint density at radius 3 is 2.50 bits per heavy atom. The van der Waals surface area contributed by atoms with Crippen molar-refractivity contribution >= 4 is 28.7 Å². The molecule has 0 fully saturated rings. The number of hydrogen-bond acceptors (Lipinski definition) is 6. The maximum atomic E-state index is 13.8. The van der Waals surface area contributed by atoms with Crippen LogP contribution in [0.4, 0.5) is 5.69 Å². The van der Waals surface area contributed by atoms with Gasteiger partial charge in [0.15, 0.2) is 5.76 Å². The van der Waals surface area contributed by atoms with Crippen molar-refractivity contribution in [3.63, 3.8) is 0 Å². The lowest BCUT2D eigenvalue weighted by atomic mass is 9.98. The predicted molar refractivity (Wildman–Crippen MR) is 131 cm³/mol. The zero-order valence-electron chi connectivity index (χ0n) is 18.9. The average Bonchev–Trinajstić information content (AvgIpc) is 3.54. The van der Waals surface area contributed by atoms with Gasteiger partial charge in [0.25, 0.3) is 5.91 Å². The van der Waals surface area contributed by atoms with Crippen LogP contribution >= 0.6 is 11.3 Å². The fourth-order valence-corrected chi connectivity index (χ4v) is 5.34. The van der Waals surface area contributed by atoms with E-state index in [4.69, 9.17) is 4.42 Å². The van der Waals surface area contributed by atoms with Gasteiger partial charge in [-0.2, -0.15) is 0 Å². The van der Waals surface area contributed by atoms with E-state index in [-0.39, 0.29) is 5.57 Å². The van der Waals surface area contributed by atoms with E-state index in [1.165, 1.54) is 22.5 Å². The van der Waals surface area contributed by atoms with E-state index in [0.717, 1.165) is 16.7 Å². The predicted octanol–water partition coefficient (Wildman–Crippen LogP) is 6.11. The van der Waals surface area contributed by atoms with Gasteiger partial charge in [0.1, 0.15) is 16.8 Å². The van der Waals surface area contributed by atoms with Crippen molar-refractivity contribution in [2.45, 2.75) is 26.8 Å². The molecule has 2 aromatic carbocycles. The van der Waals surface area contributed by atoms with Crippen molar-refractivity contribution in [1.82, 2.24) is 4.98 Å². The highest BCUT2D eigenvalue weighted by Gasteiger charge is 2.47. The highest BCUT2D eigenvalue weighted by atomic mass is 32.1. The quantitative estimate of drug-likeness (QED) is 0.356. The Balaban J connectivity index is 1.62. The van der Waals surface area contributed by atoms with E-state index in [9.17, 15) is 14.7 Å². The molecule has 5 rings (SSSR count). The molecule has 3 heterocycles. The zero-order valence-corrected chi connectivity index (χ0v) is 19.7. The van der Waals surface area contributed by atoms with Crippen LogP contribution in [0.1, 0.15) is 38.3 Å². The number of rotatable bonds is 5. The van der Waals surface area contributed by atoms with Crippen LogP contribution in [-0.4, -0.2) is 21.8 Å². The third-order valence-corrected chi connectivity index (χ3v) is 7.11.